The van der Waals surface area contributed by atoms with Crippen LogP contribution in [0.4, 0.5) is 0 Å². The van der Waals surface area contributed by atoms with Crippen LogP contribution >= 0.6 is 22.9 Å². The van der Waals surface area contributed by atoms with Gasteiger partial charge in [-0.2, -0.15) is 5.26 Å². The Morgan fingerprint density at radius 3 is 2.57 bits per heavy atom. The standard InChI is InChI=1S/C9H6ClNO2S/c1-5(12)6(4-11)9(13)7-2-3-8(10)14-7/h2-3,6H,1H3. The molecule has 14 heavy (non-hydrogen) atoms. The zero-order valence-electron chi connectivity index (χ0n) is 7.28. The summed E-state index contributed by atoms with van der Waals surface area (Å²) in [4.78, 5) is 22.8. The number of hydrogen-bond acceptors (Lipinski definition) is 4. The van der Waals surface area contributed by atoms with Crippen LogP contribution in [0.2, 0.25) is 4.34 Å². The number of ketones is 2. The summed E-state index contributed by atoms with van der Waals surface area (Å²) in [6.45, 7) is 1.22. The average molecular weight is 228 g/mol. The summed E-state index contributed by atoms with van der Waals surface area (Å²) in [6, 6.07) is 4.75. The second kappa shape index (κ2) is 4.36. The van der Waals surface area contributed by atoms with Gasteiger partial charge in [-0.1, -0.05) is 11.6 Å². The molecule has 3 nitrogen and oxygen atoms in total. The second-order valence-corrected chi connectivity index (χ2v) is 4.36. The van der Waals surface area contributed by atoms with E-state index in [1.807, 2.05) is 0 Å². The van der Waals surface area contributed by atoms with Crippen molar-refractivity contribution < 1.29 is 9.59 Å². The van der Waals surface area contributed by atoms with E-state index >= 15 is 0 Å². The zero-order valence-corrected chi connectivity index (χ0v) is 8.85. The highest BCUT2D eigenvalue weighted by atomic mass is 35.5. The predicted molar refractivity (Wildman–Crippen MR) is 53.4 cm³/mol. The molecule has 0 N–H and O–H groups in total. The van der Waals surface area contributed by atoms with Crippen LogP contribution in [0.1, 0.15) is 16.6 Å². The Hall–Kier alpha value is -1.18. The van der Waals surface area contributed by atoms with Crippen LogP contribution in [0, 0.1) is 17.2 Å². The number of nitriles is 1. The minimum Gasteiger partial charge on any atom is -0.298 e. The topological polar surface area (TPSA) is 57.9 Å². The van der Waals surface area contributed by atoms with Crippen LogP contribution in [0.5, 0.6) is 0 Å². The Balaban J connectivity index is 2.96. The molecule has 0 aliphatic carbocycles. The highest BCUT2D eigenvalue weighted by molar-refractivity contribution is 7.18. The summed E-state index contributed by atoms with van der Waals surface area (Å²) in [5.41, 5.74) is 0. The predicted octanol–water partition coefficient (Wildman–Crippen LogP) is 2.31. The average Bonchev–Trinajstić information content (AvgIpc) is 2.52. The van der Waals surface area contributed by atoms with Gasteiger partial charge in [-0.15, -0.1) is 11.3 Å². The van der Waals surface area contributed by atoms with Gasteiger partial charge in [0.15, 0.2) is 17.5 Å². The molecule has 72 valence electrons. The Kier molecular flexibility index (Phi) is 3.39. The fourth-order valence-electron chi connectivity index (χ4n) is 0.923. The van der Waals surface area contributed by atoms with Crippen LogP contribution < -0.4 is 0 Å². The molecular formula is C9H6ClNO2S. The molecule has 5 heteroatoms. The third-order valence-electron chi connectivity index (χ3n) is 1.61. The summed E-state index contributed by atoms with van der Waals surface area (Å²) in [6.07, 6.45) is 0. The maximum Gasteiger partial charge on any atom is 0.197 e. The van der Waals surface area contributed by atoms with Crippen molar-refractivity contribution in [1.29, 1.82) is 5.26 Å². The molecule has 1 aromatic heterocycles. The molecular weight excluding hydrogens is 222 g/mol. The third kappa shape index (κ3) is 2.19. The lowest BCUT2D eigenvalue weighted by Crippen LogP contribution is -2.19. The van der Waals surface area contributed by atoms with Gasteiger partial charge in [0, 0.05) is 0 Å². The highest BCUT2D eigenvalue weighted by Gasteiger charge is 2.25. The minimum absolute atomic E-state index is 0.344. The molecule has 0 amide bonds. The second-order valence-electron chi connectivity index (χ2n) is 2.64. The summed E-state index contributed by atoms with van der Waals surface area (Å²) in [7, 11) is 0. The fourth-order valence-corrected chi connectivity index (χ4v) is 1.94. The molecule has 0 aromatic carbocycles. The van der Waals surface area contributed by atoms with E-state index < -0.39 is 17.5 Å². The monoisotopic (exact) mass is 227 g/mol. The Bertz CT molecular complexity index is 419. The van der Waals surface area contributed by atoms with Gasteiger partial charge >= 0.3 is 0 Å². The Morgan fingerprint density at radius 1 is 1.57 bits per heavy atom. The molecule has 0 fully saturated rings. The van der Waals surface area contributed by atoms with Crippen molar-refractivity contribution in [3.05, 3.63) is 21.3 Å². The van der Waals surface area contributed by atoms with Crippen molar-refractivity contribution in [2.75, 3.05) is 0 Å². The van der Waals surface area contributed by atoms with E-state index in [1.54, 1.807) is 12.1 Å². The van der Waals surface area contributed by atoms with E-state index in [9.17, 15) is 9.59 Å². The van der Waals surface area contributed by atoms with Gasteiger partial charge in [0.2, 0.25) is 0 Å². The number of halogens is 1. The van der Waals surface area contributed by atoms with E-state index in [-0.39, 0.29) is 0 Å². The minimum atomic E-state index is -1.20. The number of nitrogens with zero attached hydrogens (tertiary/aromatic N) is 1. The quantitative estimate of drug-likeness (QED) is 0.588. The normalized spacial score (nSPS) is 11.8. The molecule has 0 radical (unpaired) electrons. The maximum absolute atomic E-state index is 11.5. The van der Waals surface area contributed by atoms with Gasteiger partial charge in [0.1, 0.15) is 0 Å². The molecule has 1 rings (SSSR count). The van der Waals surface area contributed by atoms with Crippen LogP contribution in [0.25, 0.3) is 0 Å². The van der Waals surface area contributed by atoms with Crippen LogP contribution in [-0.2, 0) is 4.79 Å². The molecule has 0 bridgehead atoms. The van der Waals surface area contributed by atoms with Gasteiger partial charge in [-0.3, -0.25) is 9.59 Å². The van der Waals surface area contributed by atoms with Gasteiger partial charge in [0.25, 0.3) is 0 Å². The first kappa shape index (κ1) is 10.9. The summed E-state index contributed by atoms with van der Waals surface area (Å²) in [5, 5.41) is 8.61. The van der Waals surface area contributed by atoms with Gasteiger partial charge in [-0.05, 0) is 19.1 Å². The summed E-state index contributed by atoms with van der Waals surface area (Å²) in [5.74, 6) is -2.12. The van der Waals surface area contributed by atoms with Crippen molar-refractivity contribution in [2.24, 2.45) is 5.92 Å². The Morgan fingerprint density at radius 2 is 2.21 bits per heavy atom. The number of Topliss-reactive ketones (excluding diaryl/α,β-unsaturated/α-hetero) is 2. The molecule has 1 heterocycles. The molecule has 0 spiro atoms. The number of thiophene rings is 1. The number of rotatable bonds is 3. The van der Waals surface area contributed by atoms with Crippen LogP contribution in [0.15, 0.2) is 12.1 Å². The number of carbonyl (C=O) groups excluding carboxylic acids is 2. The molecule has 0 aliphatic rings. The summed E-state index contributed by atoms with van der Waals surface area (Å²) < 4.78 is 0.466. The van der Waals surface area contributed by atoms with Gasteiger partial charge < -0.3 is 0 Å². The van der Waals surface area contributed by atoms with Crippen LogP contribution in [0.3, 0.4) is 0 Å². The largest absolute Gasteiger partial charge is 0.298 e. The number of carbonyl (C=O) groups is 2. The SMILES string of the molecule is CC(=O)C(C#N)C(=O)c1ccc(Cl)s1. The highest BCUT2D eigenvalue weighted by Crippen LogP contribution is 2.23. The number of hydrogen-bond donors (Lipinski definition) is 0. The third-order valence-corrected chi connectivity index (χ3v) is 2.86. The van der Waals surface area contributed by atoms with Crippen molar-refractivity contribution >= 4 is 34.5 Å². The van der Waals surface area contributed by atoms with Gasteiger partial charge in [0.05, 0.1) is 15.3 Å². The van der Waals surface area contributed by atoms with Crippen molar-refractivity contribution in [3.63, 3.8) is 0 Å². The van der Waals surface area contributed by atoms with Gasteiger partial charge in [-0.25, -0.2) is 0 Å². The smallest absolute Gasteiger partial charge is 0.197 e. The first-order valence-electron chi connectivity index (χ1n) is 3.76. The van der Waals surface area contributed by atoms with E-state index in [0.717, 1.165) is 11.3 Å². The van der Waals surface area contributed by atoms with E-state index in [1.165, 1.54) is 13.0 Å². The maximum atomic E-state index is 11.5. The lowest BCUT2D eigenvalue weighted by molar-refractivity contribution is -0.118. The van der Waals surface area contributed by atoms with E-state index in [0.29, 0.717) is 9.21 Å². The van der Waals surface area contributed by atoms with E-state index in [2.05, 4.69) is 0 Å². The Labute approximate surface area is 89.9 Å². The molecule has 0 saturated carbocycles. The van der Waals surface area contributed by atoms with Crippen molar-refractivity contribution in [1.82, 2.24) is 0 Å². The zero-order chi connectivity index (χ0) is 10.7. The fraction of sp³-hybridized carbons (Fsp3) is 0.222. The first-order chi connectivity index (χ1) is 6.56. The molecule has 1 atom stereocenters. The van der Waals surface area contributed by atoms with Crippen LogP contribution in [-0.4, -0.2) is 11.6 Å². The van der Waals surface area contributed by atoms with Crippen molar-refractivity contribution in [3.8, 4) is 6.07 Å². The molecule has 1 aromatic rings. The molecule has 0 aliphatic heterocycles. The van der Waals surface area contributed by atoms with Crippen molar-refractivity contribution in [2.45, 2.75) is 6.92 Å². The molecule has 1 unspecified atom stereocenters. The first-order valence-corrected chi connectivity index (χ1v) is 4.95. The lowest BCUT2D eigenvalue weighted by atomic mass is 10.0. The van der Waals surface area contributed by atoms with E-state index in [4.69, 9.17) is 16.9 Å². The molecule has 0 saturated heterocycles. The lowest BCUT2D eigenvalue weighted by Gasteiger charge is -2.00. The summed E-state index contributed by atoms with van der Waals surface area (Å²) >= 11 is 6.70.